The van der Waals surface area contributed by atoms with E-state index in [0.29, 0.717) is 30.8 Å². The zero-order valence-corrected chi connectivity index (χ0v) is 20.6. The van der Waals surface area contributed by atoms with Crippen molar-refractivity contribution in [1.29, 1.82) is 0 Å². The van der Waals surface area contributed by atoms with Crippen LogP contribution in [0.15, 0.2) is 58.7 Å². The van der Waals surface area contributed by atoms with Gasteiger partial charge in [-0.2, -0.15) is 0 Å². The molecule has 33 heavy (non-hydrogen) atoms. The molecule has 2 saturated heterocycles. The number of hydrogen-bond donors (Lipinski definition) is 4. The van der Waals surface area contributed by atoms with E-state index in [9.17, 15) is 15.0 Å². The Hall–Kier alpha value is -2.14. The summed E-state index contributed by atoms with van der Waals surface area (Å²) in [6.45, 7) is 1.31. The molecule has 5 N–H and O–H groups in total. The van der Waals surface area contributed by atoms with Crippen molar-refractivity contribution < 1.29 is 40.9 Å². The van der Waals surface area contributed by atoms with Crippen LogP contribution in [-0.4, -0.2) is 58.6 Å². The molecule has 0 bridgehead atoms. The van der Waals surface area contributed by atoms with Crippen LogP contribution in [0.1, 0.15) is 31.2 Å². The van der Waals surface area contributed by atoms with Crippen LogP contribution in [0.25, 0.3) is 5.76 Å². The summed E-state index contributed by atoms with van der Waals surface area (Å²) in [4.78, 5) is 13.6. The van der Waals surface area contributed by atoms with Crippen LogP contribution in [0.4, 0.5) is 5.69 Å². The number of para-hydroxylation sites is 1. The summed E-state index contributed by atoms with van der Waals surface area (Å²) in [5, 5.41) is 24.0. The number of aliphatic hydroxyl groups is 1. The Morgan fingerprint density at radius 1 is 1.24 bits per heavy atom. The number of nitrogens with two attached hydrogens (primary N) is 1. The molecule has 0 radical (unpaired) electrons. The first kappa shape index (κ1) is 24.0. The van der Waals surface area contributed by atoms with Gasteiger partial charge >= 0.3 is 205 Å². The summed E-state index contributed by atoms with van der Waals surface area (Å²) in [6, 6.07) is 17.3. The van der Waals surface area contributed by atoms with Gasteiger partial charge in [-0.15, -0.1) is 0 Å². The number of carboxylic acids is 1. The third kappa shape index (κ3) is 6.26. The fourth-order valence-electron chi connectivity index (χ4n) is 4.48. The minimum absolute atomic E-state index is 0.226. The number of halogens is 1. The third-order valence-corrected chi connectivity index (χ3v) is 8.47. The number of nitrogen functional groups attached to an aromatic ring is 1. The van der Waals surface area contributed by atoms with Crippen LogP contribution in [-0.2, 0) is 9.53 Å². The Morgan fingerprint density at radius 3 is 2.70 bits per heavy atom. The molecule has 8 heteroatoms. The number of carbonyl (C=O) groups is 1. The van der Waals surface area contributed by atoms with Crippen molar-refractivity contribution in [3.8, 4) is 0 Å². The Kier molecular flexibility index (Phi) is 8.24. The normalized spacial score (nSPS) is 24.8. The molecule has 4 rings (SSSR count). The predicted octanol–water partition coefficient (Wildman–Crippen LogP) is -0.469. The van der Waals surface area contributed by atoms with Gasteiger partial charge in [-0.05, 0) is 0 Å². The standard InChI is InChI=1S/C25H31IN3O4/c27-21-11-5-4-10-20(21)23(15-26-17-7-2-1-3-8-17)33-19-14-22(25(31)32)29(16-19)24(30)13-18-9-6-12-28-18/h1-5,7-8,10-11,15,18-19,22,24,28,30H,6,9,12-14,16,27H2,(H,31,32)/q-1/b23-15+. The van der Waals surface area contributed by atoms with Crippen molar-refractivity contribution in [2.75, 3.05) is 18.8 Å². The van der Waals surface area contributed by atoms with Gasteiger partial charge < -0.3 is 0 Å². The number of aliphatic carboxylic acids is 1. The maximum absolute atomic E-state index is 12.0. The van der Waals surface area contributed by atoms with Gasteiger partial charge in [0.15, 0.2) is 0 Å². The monoisotopic (exact) mass is 564 g/mol. The van der Waals surface area contributed by atoms with Gasteiger partial charge in [0.2, 0.25) is 0 Å². The molecule has 2 aliphatic heterocycles. The Bertz CT molecular complexity index is 965. The zero-order chi connectivity index (χ0) is 23.2. The van der Waals surface area contributed by atoms with E-state index in [1.54, 1.807) is 4.90 Å². The Morgan fingerprint density at radius 2 is 2.00 bits per heavy atom. The van der Waals surface area contributed by atoms with Crippen LogP contribution in [0.2, 0.25) is 0 Å². The van der Waals surface area contributed by atoms with Gasteiger partial charge in [-0.1, -0.05) is 0 Å². The number of ether oxygens (including phenoxy) is 1. The second-order valence-corrected chi connectivity index (χ2v) is 11.0. The molecule has 4 unspecified atom stereocenters. The first-order valence-corrected chi connectivity index (χ1v) is 13.6. The van der Waals surface area contributed by atoms with Gasteiger partial charge in [-0.25, -0.2) is 0 Å². The van der Waals surface area contributed by atoms with Crippen molar-refractivity contribution in [2.45, 2.75) is 50.1 Å². The van der Waals surface area contributed by atoms with Gasteiger partial charge in [0.1, 0.15) is 0 Å². The minimum atomic E-state index is -0.930. The van der Waals surface area contributed by atoms with E-state index < -0.39 is 39.4 Å². The number of hydrogen-bond acceptors (Lipinski definition) is 6. The summed E-state index contributed by atoms with van der Waals surface area (Å²) in [5.74, 6) is -0.242. The summed E-state index contributed by atoms with van der Waals surface area (Å²) >= 11 is -0.462. The fourth-order valence-corrected chi connectivity index (χ4v) is 6.43. The average molecular weight is 564 g/mol. The molecule has 0 spiro atoms. The Labute approximate surface area is 204 Å². The van der Waals surface area contributed by atoms with Gasteiger partial charge in [-0.3, -0.25) is 0 Å². The number of anilines is 1. The molecule has 7 nitrogen and oxygen atoms in total. The van der Waals surface area contributed by atoms with Crippen LogP contribution in [0, 0.1) is 3.57 Å². The first-order valence-electron chi connectivity index (χ1n) is 11.3. The molecule has 0 saturated carbocycles. The van der Waals surface area contributed by atoms with Crippen molar-refractivity contribution in [1.82, 2.24) is 10.2 Å². The number of nitrogens with zero attached hydrogens (tertiary/aromatic N) is 1. The van der Waals surface area contributed by atoms with Crippen LogP contribution in [0.3, 0.4) is 0 Å². The number of carboxylic acid groups (broad SMARTS) is 1. The molecule has 178 valence electrons. The molecule has 2 aromatic rings. The summed E-state index contributed by atoms with van der Waals surface area (Å²) in [5.41, 5.74) is 7.68. The van der Waals surface area contributed by atoms with E-state index in [-0.39, 0.29) is 12.1 Å². The topological polar surface area (TPSA) is 108 Å². The third-order valence-electron chi connectivity index (χ3n) is 6.16. The average Bonchev–Trinajstić information content (AvgIpc) is 3.48. The molecular weight excluding hydrogens is 533 g/mol. The van der Waals surface area contributed by atoms with Gasteiger partial charge in [0.25, 0.3) is 0 Å². The molecule has 0 amide bonds. The van der Waals surface area contributed by atoms with Crippen molar-refractivity contribution in [2.24, 2.45) is 0 Å². The molecule has 0 aliphatic carbocycles. The quantitative estimate of drug-likeness (QED) is 0.185. The van der Waals surface area contributed by atoms with Crippen molar-refractivity contribution >= 4 is 17.4 Å². The predicted molar refractivity (Wildman–Crippen MR) is 123 cm³/mol. The van der Waals surface area contributed by atoms with E-state index >= 15 is 0 Å². The zero-order valence-electron chi connectivity index (χ0n) is 18.4. The van der Waals surface area contributed by atoms with E-state index in [0.717, 1.165) is 24.9 Å². The first-order chi connectivity index (χ1) is 16.0. The van der Waals surface area contributed by atoms with Crippen LogP contribution >= 0.6 is 0 Å². The SMILES string of the molecule is Nc1ccccc1/C(=C\[I-]c1ccccc1)OC1CC(C(=O)O)N(C(O)CC2CCCN2)C1. The Balaban J connectivity index is 1.51. The number of benzene rings is 2. The summed E-state index contributed by atoms with van der Waals surface area (Å²) in [7, 11) is 0. The second-order valence-electron chi connectivity index (χ2n) is 8.50. The number of nitrogens with one attached hydrogen (secondary N) is 1. The summed E-state index contributed by atoms with van der Waals surface area (Å²) in [6.07, 6.45) is 1.76. The van der Waals surface area contributed by atoms with Crippen LogP contribution in [0.5, 0.6) is 0 Å². The number of rotatable bonds is 9. The maximum atomic E-state index is 12.0. The van der Waals surface area contributed by atoms with E-state index in [2.05, 4.69) is 21.5 Å². The molecule has 2 fully saturated rings. The second kappa shape index (κ2) is 11.3. The molecule has 0 aromatic heterocycles. The summed E-state index contributed by atoms with van der Waals surface area (Å²) < 4.78 is 9.77. The van der Waals surface area contributed by atoms with E-state index in [1.807, 2.05) is 42.5 Å². The molecule has 2 aromatic carbocycles. The van der Waals surface area contributed by atoms with Crippen molar-refractivity contribution in [3.05, 3.63) is 67.8 Å². The van der Waals surface area contributed by atoms with Crippen molar-refractivity contribution in [3.63, 3.8) is 0 Å². The van der Waals surface area contributed by atoms with Crippen LogP contribution < -0.4 is 32.3 Å². The molecule has 2 aliphatic rings. The number of aliphatic hydroxyl groups excluding tert-OH is 1. The number of likely N-dealkylation sites (tertiary alicyclic amines) is 1. The molecule has 4 atom stereocenters. The van der Waals surface area contributed by atoms with Gasteiger partial charge in [0.05, 0.1) is 0 Å². The fraction of sp³-hybridized carbons (Fsp3) is 0.400. The molecular formula is C25H31IN3O4-. The van der Waals surface area contributed by atoms with E-state index in [4.69, 9.17) is 10.5 Å². The van der Waals surface area contributed by atoms with Gasteiger partial charge in [0, 0.05) is 0 Å². The van der Waals surface area contributed by atoms with E-state index in [1.165, 1.54) is 3.57 Å². The molecule has 2 heterocycles.